The Hall–Kier alpha value is -3.37. The van der Waals surface area contributed by atoms with E-state index in [2.05, 4.69) is 9.24 Å². The Morgan fingerprint density at radius 1 is 0.581 bits per heavy atom. The fourth-order valence-corrected chi connectivity index (χ4v) is 3.82. The van der Waals surface area contributed by atoms with Gasteiger partial charge in [0.15, 0.2) is 0 Å². The number of carbonyl (C=O) groups is 2. The lowest BCUT2D eigenvalue weighted by atomic mass is 9.91. The summed E-state index contributed by atoms with van der Waals surface area (Å²) in [6, 6.07) is 15.2. The van der Waals surface area contributed by atoms with Gasteiger partial charge in [-0.1, -0.05) is 30.3 Å². The molecule has 3 aromatic carbocycles. The largest absolute Gasteiger partial charge is 0.496 e. The second-order valence-electron chi connectivity index (χ2n) is 6.50. The first-order chi connectivity index (χ1) is 15.0. The Kier molecular flexibility index (Phi) is 6.93. The molecule has 0 saturated heterocycles. The molecular formula is C24H23O6P. The standard InChI is InChI=1S/C24H23O6P/c1-27-15-9-6-10-16(28-2)21(15)23(25)14-8-5-13-19(31)20(14)24(26)22-17(29-3)11-7-12-18(22)30-4/h5-13H,31H2,1-4H3. The van der Waals surface area contributed by atoms with Gasteiger partial charge in [-0.25, -0.2) is 0 Å². The molecule has 7 heteroatoms. The van der Waals surface area contributed by atoms with Crippen LogP contribution in [0.1, 0.15) is 31.8 Å². The van der Waals surface area contributed by atoms with Crippen molar-refractivity contribution in [2.45, 2.75) is 0 Å². The molecule has 0 fully saturated rings. The molecule has 1 atom stereocenters. The Morgan fingerprint density at radius 2 is 0.968 bits per heavy atom. The predicted octanol–water partition coefficient (Wildman–Crippen LogP) is 3.68. The smallest absolute Gasteiger partial charge is 0.201 e. The van der Waals surface area contributed by atoms with Crippen molar-refractivity contribution in [2.24, 2.45) is 0 Å². The molecule has 31 heavy (non-hydrogen) atoms. The summed E-state index contributed by atoms with van der Waals surface area (Å²) in [5.74, 6) is 0.628. The molecule has 0 aliphatic rings. The number of benzene rings is 3. The number of carbonyl (C=O) groups excluding carboxylic acids is 2. The summed E-state index contributed by atoms with van der Waals surface area (Å²) in [7, 11) is 8.42. The van der Waals surface area contributed by atoms with E-state index in [9.17, 15) is 9.59 Å². The SMILES string of the molecule is COc1cccc(OC)c1C(=O)c1cccc(P)c1C(=O)c1c(OC)cccc1OC. The monoisotopic (exact) mass is 438 g/mol. The Labute approximate surface area is 183 Å². The molecule has 0 bridgehead atoms. The molecule has 0 saturated carbocycles. The van der Waals surface area contributed by atoms with Crippen LogP contribution in [0.5, 0.6) is 23.0 Å². The molecule has 0 spiro atoms. The summed E-state index contributed by atoms with van der Waals surface area (Å²) in [5.41, 5.74) is 0.925. The van der Waals surface area contributed by atoms with Gasteiger partial charge in [0.05, 0.1) is 28.4 Å². The van der Waals surface area contributed by atoms with E-state index >= 15 is 0 Å². The van der Waals surface area contributed by atoms with E-state index in [1.54, 1.807) is 54.6 Å². The van der Waals surface area contributed by atoms with Crippen LogP contribution in [-0.2, 0) is 0 Å². The van der Waals surface area contributed by atoms with Crippen molar-refractivity contribution in [1.29, 1.82) is 0 Å². The molecule has 0 aliphatic carbocycles. The number of hydrogen-bond donors (Lipinski definition) is 0. The zero-order chi connectivity index (χ0) is 22.5. The van der Waals surface area contributed by atoms with Gasteiger partial charge in [0.25, 0.3) is 0 Å². The average Bonchev–Trinajstić information content (AvgIpc) is 2.81. The minimum Gasteiger partial charge on any atom is -0.496 e. The Morgan fingerprint density at radius 3 is 1.39 bits per heavy atom. The van der Waals surface area contributed by atoms with Gasteiger partial charge in [-0.3, -0.25) is 9.59 Å². The number of ether oxygens (including phenoxy) is 4. The summed E-state index contributed by atoms with van der Waals surface area (Å²) in [6.45, 7) is 0. The molecule has 0 amide bonds. The van der Waals surface area contributed by atoms with Crippen molar-refractivity contribution in [3.63, 3.8) is 0 Å². The number of rotatable bonds is 8. The van der Waals surface area contributed by atoms with E-state index in [0.29, 0.717) is 28.3 Å². The Bertz CT molecular complexity index is 1090. The lowest BCUT2D eigenvalue weighted by Gasteiger charge is -2.17. The third kappa shape index (κ3) is 4.12. The lowest BCUT2D eigenvalue weighted by molar-refractivity contribution is 0.0997. The first-order valence-corrected chi connectivity index (χ1v) is 9.96. The molecule has 0 aromatic heterocycles. The van der Waals surface area contributed by atoms with Crippen molar-refractivity contribution in [1.82, 2.24) is 0 Å². The van der Waals surface area contributed by atoms with Crippen LogP contribution in [0.4, 0.5) is 0 Å². The van der Waals surface area contributed by atoms with E-state index in [-0.39, 0.29) is 22.3 Å². The van der Waals surface area contributed by atoms with Crippen molar-refractivity contribution in [3.8, 4) is 23.0 Å². The first-order valence-electron chi connectivity index (χ1n) is 9.38. The van der Waals surface area contributed by atoms with Gasteiger partial charge >= 0.3 is 0 Å². The highest BCUT2D eigenvalue weighted by Crippen LogP contribution is 2.34. The third-order valence-electron chi connectivity index (χ3n) is 4.88. The van der Waals surface area contributed by atoms with Crippen LogP contribution in [0.15, 0.2) is 54.6 Å². The van der Waals surface area contributed by atoms with E-state index in [0.717, 1.165) is 0 Å². The molecule has 3 aromatic rings. The third-order valence-corrected chi connectivity index (χ3v) is 5.36. The maximum Gasteiger partial charge on any atom is 0.201 e. The molecule has 0 N–H and O–H groups in total. The van der Waals surface area contributed by atoms with Gasteiger partial charge in [0.2, 0.25) is 11.6 Å². The first kappa shape index (κ1) is 22.3. The Balaban J connectivity index is 2.25. The summed E-state index contributed by atoms with van der Waals surface area (Å²) < 4.78 is 21.6. The van der Waals surface area contributed by atoms with Crippen molar-refractivity contribution >= 4 is 26.1 Å². The fourth-order valence-electron chi connectivity index (χ4n) is 3.42. The number of methoxy groups -OCH3 is 4. The zero-order valence-corrected chi connectivity index (χ0v) is 18.9. The van der Waals surface area contributed by atoms with E-state index in [4.69, 9.17) is 18.9 Å². The normalized spacial score (nSPS) is 10.4. The van der Waals surface area contributed by atoms with Gasteiger partial charge in [0, 0.05) is 11.1 Å². The van der Waals surface area contributed by atoms with Gasteiger partial charge < -0.3 is 18.9 Å². The second kappa shape index (κ2) is 9.63. The number of ketones is 2. The molecule has 0 heterocycles. The summed E-state index contributed by atoms with van der Waals surface area (Å²) in [4.78, 5) is 27.3. The van der Waals surface area contributed by atoms with Gasteiger partial charge in [-0.2, -0.15) is 0 Å². The molecule has 0 radical (unpaired) electrons. The van der Waals surface area contributed by atoms with Crippen LogP contribution in [0.2, 0.25) is 0 Å². The molecule has 160 valence electrons. The molecule has 1 unspecified atom stereocenters. The van der Waals surface area contributed by atoms with Crippen LogP contribution in [-0.4, -0.2) is 40.0 Å². The highest BCUT2D eigenvalue weighted by molar-refractivity contribution is 7.27. The van der Waals surface area contributed by atoms with Crippen molar-refractivity contribution < 1.29 is 28.5 Å². The van der Waals surface area contributed by atoms with Crippen LogP contribution in [0.25, 0.3) is 0 Å². The maximum atomic E-state index is 13.7. The second-order valence-corrected chi connectivity index (χ2v) is 7.13. The van der Waals surface area contributed by atoms with Crippen LogP contribution >= 0.6 is 9.24 Å². The quantitative estimate of drug-likeness (QED) is 0.395. The van der Waals surface area contributed by atoms with Gasteiger partial charge in [0.1, 0.15) is 34.1 Å². The average molecular weight is 438 g/mol. The maximum absolute atomic E-state index is 13.7. The topological polar surface area (TPSA) is 71.1 Å². The highest BCUT2D eigenvalue weighted by Gasteiger charge is 2.29. The summed E-state index contributed by atoms with van der Waals surface area (Å²) in [5, 5.41) is 0.567. The number of hydrogen-bond acceptors (Lipinski definition) is 6. The minimum atomic E-state index is -0.393. The predicted molar refractivity (Wildman–Crippen MR) is 122 cm³/mol. The fraction of sp³-hybridized carbons (Fsp3) is 0.167. The van der Waals surface area contributed by atoms with Gasteiger partial charge in [-0.15, -0.1) is 9.24 Å². The van der Waals surface area contributed by atoms with Crippen LogP contribution in [0, 0.1) is 0 Å². The highest BCUT2D eigenvalue weighted by atomic mass is 31.0. The van der Waals surface area contributed by atoms with Crippen molar-refractivity contribution in [2.75, 3.05) is 28.4 Å². The zero-order valence-electron chi connectivity index (χ0n) is 17.7. The minimum absolute atomic E-state index is 0.216. The van der Waals surface area contributed by atoms with Crippen molar-refractivity contribution in [3.05, 3.63) is 76.9 Å². The van der Waals surface area contributed by atoms with E-state index in [1.165, 1.54) is 28.4 Å². The van der Waals surface area contributed by atoms with Crippen LogP contribution in [0.3, 0.4) is 0 Å². The molecular weight excluding hydrogens is 415 g/mol. The molecule has 6 nitrogen and oxygen atoms in total. The lowest BCUT2D eigenvalue weighted by Crippen LogP contribution is -2.20. The molecule has 3 rings (SSSR count). The molecule has 0 aliphatic heterocycles. The van der Waals surface area contributed by atoms with Gasteiger partial charge in [-0.05, 0) is 29.6 Å². The van der Waals surface area contributed by atoms with Crippen LogP contribution < -0.4 is 24.3 Å². The van der Waals surface area contributed by atoms with E-state index in [1.807, 2.05) is 0 Å². The summed E-state index contributed by atoms with van der Waals surface area (Å²) in [6.07, 6.45) is 0. The van der Waals surface area contributed by atoms with E-state index < -0.39 is 11.6 Å². The summed E-state index contributed by atoms with van der Waals surface area (Å²) >= 11 is 0.